The lowest BCUT2D eigenvalue weighted by Gasteiger charge is -2.43. The highest BCUT2D eigenvalue weighted by atomic mass is 16.5. The van der Waals surface area contributed by atoms with E-state index in [0.29, 0.717) is 6.04 Å². The van der Waals surface area contributed by atoms with E-state index < -0.39 is 0 Å². The monoisotopic (exact) mass is 386 g/mol. The lowest BCUT2D eigenvalue weighted by molar-refractivity contribution is -0.0266. The predicted molar refractivity (Wildman–Crippen MR) is 108 cm³/mol. The average Bonchev–Trinajstić information content (AvgIpc) is 2.77. The van der Waals surface area contributed by atoms with Crippen LogP contribution in [0.4, 0.5) is 0 Å². The molecule has 3 saturated heterocycles. The molecular formula is C21H34N6O. The molecular weight excluding hydrogens is 352 g/mol. The van der Waals surface area contributed by atoms with E-state index in [0.717, 1.165) is 58.9 Å². The summed E-state index contributed by atoms with van der Waals surface area (Å²) in [5, 5.41) is 22.9. The Bertz CT molecular complexity index is 559. The van der Waals surface area contributed by atoms with Gasteiger partial charge >= 0.3 is 0 Å². The summed E-state index contributed by atoms with van der Waals surface area (Å²) in [4.78, 5) is 5.11. The summed E-state index contributed by atoms with van der Waals surface area (Å²) in [5.41, 5.74) is 0.185. The first-order chi connectivity index (χ1) is 13.8. The van der Waals surface area contributed by atoms with Gasteiger partial charge in [0.25, 0.3) is 0 Å². The number of nitrogens with zero attached hydrogens (tertiary/aromatic N) is 6. The van der Waals surface area contributed by atoms with Gasteiger partial charge < -0.3 is 14.6 Å². The quantitative estimate of drug-likeness (QED) is 0.618. The summed E-state index contributed by atoms with van der Waals surface area (Å²) in [6.45, 7) is 10.0. The van der Waals surface area contributed by atoms with Crippen molar-refractivity contribution >= 4 is 0 Å². The van der Waals surface area contributed by atoms with E-state index >= 15 is 0 Å². The maximum atomic E-state index is 9.20. The SMILES string of the molecule is N#CC(C#N)=CN(CCCN1CCOCC1)N1CCC(N2CCCCC2)CC1. The maximum Gasteiger partial charge on any atom is 0.146 e. The highest BCUT2D eigenvalue weighted by Gasteiger charge is 2.27. The van der Waals surface area contributed by atoms with Gasteiger partial charge in [-0.05, 0) is 45.2 Å². The fourth-order valence-corrected chi connectivity index (χ4v) is 4.56. The first kappa shape index (κ1) is 21.1. The largest absolute Gasteiger partial charge is 0.379 e. The zero-order valence-electron chi connectivity index (χ0n) is 17.1. The Morgan fingerprint density at radius 2 is 1.64 bits per heavy atom. The van der Waals surface area contributed by atoms with Gasteiger partial charge in [-0.3, -0.25) is 4.90 Å². The Kier molecular flexibility index (Phi) is 8.57. The van der Waals surface area contributed by atoms with Crippen LogP contribution in [-0.4, -0.2) is 91.4 Å². The highest BCUT2D eigenvalue weighted by molar-refractivity contribution is 5.34. The molecule has 0 spiro atoms. The van der Waals surface area contributed by atoms with Gasteiger partial charge in [0, 0.05) is 51.5 Å². The van der Waals surface area contributed by atoms with Crippen molar-refractivity contribution in [3.8, 4) is 12.1 Å². The molecule has 3 rings (SSSR count). The minimum Gasteiger partial charge on any atom is -0.379 e. The van der Waals surface area contributed by atoms with Gasteiger partial charge in [0.2, 0.25) is 0 Å². The Morgan fingerprint density at radius 1 is 0.964 bits per heavy atom. The van der Waals surface area contributed by atoms with E-state index in [4.69, 9.17) is 4.74 Å². The van der Waals surface area contributed by atoms with E-state index in [2.05, 4.69) is 19.8 Å². The molecule has 3 heterocycles. The second-order valence-electron chi connectivity index (χ2n) is 8.02. The molecule has 154 valence electrons. The van der Waals surface area contributed by atoms with Crippen molar-refractivity contribution < 1.29 is 4.74 Å². The van der Waals surface area contributed by atoms with Crippen molar-refractivity contribution in [3.63, 3.8) is 0 Å². The molecule has 3 aliphatic rings. The molecule has 7 heteroatoms. The zero-order valence-corrected chi connectivity index (χ0v) is 17.1. The summed E-state index contributed by atoms with van der Waals surface area (Å²) >= 11 is 0. The van der Waals surface area contributed by atoms with Gasteiger partial charge in [-0.1, -0.05) is 6.42 Å². The van der Waals surface area contributed by atoms with Gasteiger partial charge in [-0.15, -0.1) is 0 Å². The molecule has 0 aromatic heterocycles. The van der Waals surface area contributed by atoms with Gasteiger partial charge in [-0.2, -0.15) is 10.5 Å². The van der Waals surface area contributed by atoms with Crippen LogP contribution in [0.25, 0.3) is 0 Å². The molecule has 7 nitrogen and oxygen atoms in total. The summed E-state index contributed by atoms with van der Waals surface area (Å²) in [6, 6.07) is 4.73. The van der Waals surface area contributed by atoms with Crippen LogP contribution in [-0.2, 0) is 4.74 Å². The smallest absolute Gasteiger partial charge is 0.146 e. The molecule has 0 aromatic carbocycles. The van der Waals surface area contributed by atoms with Crippen LogP contribution in [0.1, 0.15) is 38.5 Å². The third-order valence-corrected chi connectivity index (χ3v) is 6.20. The Hall–Kier alpha value is -1.64. The number of ether oxygens (including phenoxy) is 1. The van der Waals surface area contributed by atoms with E-state index in [-0.39, 0.29) is 5.57 Å². The van der Waals surface area contributed by atoms with Crippen molar-refractivity contribution in [1.82, 2.24) is 19.8 Å². The summed E-state index contributed by atoms with van der Waals surface area (Å²) < 4.78 is 5.42. The Balaban J connectivity index is 1.52. The molecule has 0 aromatic rings. The lowest BCUT2D eigenvalue weighted by atomic mass is 10.0. The topological polar surface area (TPSA) is 69.8 Å². The Morgan fingerprint density at radius 3 is 2.29 bits per heavy atom. The van der Waals surface area contributed by atoms with E-state index in [9.17, 15) is 10.5 Å². The minimum absolute atomic E-state index is 0.185. The number of hydrogen-bond donors (Lipinski definition) is 0. The van der Waals surface area contributed by atoms with Crippen LogP contribution in [0.3, 0.4) is 0 Å². The van der Waals surface area contributed by atoms with E-state index in [1.54, 1.807) is 6.20 Å². The third kappa shape index (κ3) is 6.18. The zero-order chi connectivity index (χ0) is 19.6. The normalized spacial score (nSPS) is 22.9. The van der Waals surface area contributed by atoms with E-state index in [1.807, 2.05) is 12.1 Å². The lowest BCUT2D eigenvalue weighted by Crippen LogP contribution is -2.51. The molecule has 3 fully saturated rings. The maximum absolute atomic E-state index is 9.20. The number of rotatable bonds is 7. The number of nitriles is 2. The number of allylic oxidation sites excluding steroid dienone is 1. The van der Waals surface area contributed by atoms with Crippen molar-refractivity contribution in [2.45, 2.75) is 44.6 Å². The van der Waals surface area contributed by atoms with Gasteiger partial charge in [0.1, 0.15) is 17.7 Å². The summed E-state index contributed by atoms with van der Waals surface area (Å²) in [6.07, 6.45) is 9.16. The molecule has 0 aliphatic carbocycles. The first-order valence-electron chi connectivity index (χ1n) is 10.9. The summed E-state index contributed by atoms with van der Waals surface area (Å²) in [5.74, 6) is 0. The number of hydrazine groups is 1. The molecule has 0 radical (unpaired) electrons. The average molecular weight is 387 g/mol. The number of piperidine rings is 2. The van der Waals surface area contributed by atoms with Crippen LogP contribution in [0, 0.1) is 22.7 Å². The van der Waals surface area contributed by atoms with Crippen LogP contribution < -0.4 is 0 Å². The van der Waals surface area contributed by atoms with Crippen LogP contribution in [0.2, 0.25) is 0 Å². The third-order valence-electron chi connectivity index (χ3n) is 6.20. The second kappa shape index (κ2) is 11.4. The predicted octanol–water partition coefficient (Wildman–Crippen LogP) is 1.81. The first-order valence-corrected chi connectivity index (χ1v) is 10.9. The number of hydrogen-bond acceptors (Lipinski definition) is 7. The van der Waals surface area contributed by atoms with Crippen LogP contribution in [0.5, 0.6) is 0 Å². The fraction of sp³-hybridized carbons (Fsp3) is 0.810. The molecule has 0 saturated carbocycles. The Labute approximate surface area is 169 Å². The van der Waals surface area contributed by atoms with Crippen LogP contribution >= 0.6 is 0 Å². The molecule has 0 bridgehead atoms. The minimum atomic E-state index is 0.185. The molecule has 3 aliphatic heterocycles. The molecule has 0 amide bonds. The van der Waals surface area contributed by atoms with Gasteiger partial charge in [0.15, 0.2) is 0 Å². The van der Waals surface area contributed by atoms with Crippen molar-refractivity contribution in [3.05, 3.63) is 11.8 Å². The highest BCUT2D eigenvalue weighted by Crippen LogP contribution is 2.22. The van der Waals surface area contributed by atoms with Gasteiger partial charge in [-0.25, -0.2) is 5.01 Å². The van der Waals surface area contributed by atoms with Crippen molar-refractivity contribution in [1.29, 1.82) is 10.5 Å². The van der Waals surface area contributed by atoms with E-state index in [1.165, 1.54) is 45.2 Å². The molecule has 0 unspecified atom stereocenters. The second-order valence-corrected chi connectivity index (χ2v) is 8.02. The number of morpholine rings is 1. The van der Waals surface area contributed by atoms with Crippen LogP contribution in [0.15, 0.2) is 11.8 Å². The van der Waals surface area contributed by atoms with Gasteiger partial charge in [0.05, 0.1) is 13.2 Å². The van der Waals surface area contributed by atoms with Crippen molar-refractivity contribution in [2.24, 2.45) is 0 Å². The summed E-state index contributed by atoms with van der Waals surface area (Å²) in [7, 11) is 0. The molecule has 0 N–H and O–H groups in total. The van der Waals surface area contributed by atoms with Crippen molar-refractivity contribution in [2.75, 3.05) is 65.6 Å². The molecule has 0 atom stereocenters. The molecule has 28 heavy (non-hydrogen) atoms. The number of likely N-dealkylation sites (tertiary alicyclic amines) is 1. The fourth-order valence-electron chi connectivity index (χ4n) is 4.56. The standard InChI is InChI=1S/C21H34N6O/c22-17-20(18-23)19-27(10-4-7-24-13-15-28-16-14-24)26-11-5-21(6-12-26)25-8-2-1-3-9-25/h19,21H,1-16H2.